The molecule has 10 heteroatoms. The third-order valence-corrected chi connectivity index (χ3v) is 7.49. The van der Waals surface area contributed by atoms with Gasteiger partial charge in [0, 0.05) is 30.1 Å². The van der Waals surface area contributed by atoms with Gasteiger partial charge in [0.1, 0.15) is 11.3 Å². The lowest BCUT2D eigenvalue weighted by molar-refractivity contribution is -0.138. The summed E-state index contributed by atoms with van der Waals surface area (Å²) in [6, 6.07) is 16.5. The second-order valence-corrected chi connectivity index (χ2v) is 9.64. The fourth-order valence-corrected chi connectivity index (χ4v) is 5.31. The van der Waals surface area contributed by atoms with Crippen LogP contribution in [0.1, 0.15) is 24.8 Å². The van der Waals surface area contributed by atoms with Crippen molar-refractivity contribution in [1.82, 2.24) is 20.1 Å². The van der Waals surface area contributed by atoms with Crippen LogP contribution in [-0.2, 0) is 21.5 Å². The van der Waals surface area contributed by atoms with E-state index in [1.54, 1.807) is 29.3 Å². The highest BCUT2D eigenvalue weighted by atomic mass is 16.5. The van der Waals surface area contributed by atoms with Gasteiger partial charge in [-0.3, -0.25) is 14.9 Å². The minimum atomic E-state index is -1.58. The Morgan fingerprint density at radius 3 is 2.51 bits per heavy atom. The maximum absolute atomic E-state index is 13.4. The molecule has 2 aliphatic rings. The van der Waals surface area contributed by atoms with Crippen molar-refractivity contribution in [2.45, 2.75) is 36.8 Å². The molecule has 10 nitrogen and oxygen atoms in total. The Labute approximate surface area is 213 Å². The van der Waals surface area contributed by atoms with Crippen molar-refractivity contribution < 1.29 is 24.2 Å². The van der Waals surface area contributed by atoms with Crippen molar-refractivity contribution in [2.24, 2.45) is 0 Å². The van der Waals surface area contributed by atoms with E-state index in [1.807, 2.05) is 30.3 Å². The number of rotatable bonds is 6. The van der Waals surface area contributed by atoms with Gasteiger partial charge < -0.3 is 24.6 Å². The quantitative estimate of drug-likeness (QED) is 0.444. The Morgan fingerprint density at radius 2 is 1.89 bits per heavy atom. The summed E-state index contributed by atoms with van der Waals surface area (Å²) < 4.78 is 6.68. The van der Waals surface area contributed by atoms with E-state index in [4.69, 9.17) is 4.74 Å². The van der Waals surface area contributed by atoms with Crippen LogP contribution in [-0.4, -0.2) is 58.2 Å². The molecule has 2 aromatic carbocycles. The maximum Gasteiger partial charge on any atom is 0.322 e. The van der Waals surface area contributed by atoms with Crippen LogP contribution < -0.4 is 15.4 Å². The third kappa shape index (κ3) is 4.22. The smallest absolute Gasteiger partial charge is 0.322 e. The van der Waals surface area contributed by atoms with Gasteiger partial charge in [-0.2, -0.15) is 5.26 Å². The molecule has 0 spiro atoms. The number of nitriles is 1. The number of fused-ring (bicyclic) bond motifs is 1. The van der Waals surface area contributed by atoms with E-state index in [9.17, 15) is 24.8 Å². The number of ether oxygens (including phenoxy) is 1. The number of urea groups is 1. The van der Waals surface area contributed by atoms with Crippen LogP contribution in [0.4, 0.5) is 4.79 Å². The molecular formula is C27H27N5O5. The second-order valence-electron chi connectivity index (χ2n) is 9.64. The number of amides is 4. The standard InChI is InChI=1S/C27H27N5O5/c1-37-20-8-7-18-15-32(23(34)21(18)13-20)17-27(24(35)29-25(36)30-27)14-22(33)31-11-9-26(16-28,10-12-31)19-5-3-2-4-6-19/h2-8,13,15,34H,9-12,14,17H2,1H3,(H2,29,30,35,36). The van der Waals surface area contributed by atoms with E-state index in [-0.39, 0.29) is 24.8 Å². The predicted molar refractivity (Wildman–Crippen MR) is 134 cm³/mol. The number of hydrogen-bond acceptors (Lipinski definition) is 6. The fraction of sp³-hybridized carbons (Fsp3) is 0.333. The number of aromatic nitrogens is 1. The van der Waals surface area contributed by atoms with Crippen LogP contribution in [0.15, 0.2) is 54.7 Å². The Bertz CT molecular complexity index is 1420. The van der Waals surface area contributed by atoms with E-state index in [0.717, 1.165) is 5.56 Å². The summed E-state index contributed by atoms with van der Waals surface area (Å²) in [7, 11) is 1.52. The largest absolute Gasteiger partial charge is 0.497 e. The summed E-state index contributed by atoms with van der Waals surface area (Å²) in [5.41, 5.74) is -1.32. The Morgan fingerprint density at radius 1 is 1.16 bits per heavy atom. The van der Waals surface area contributed by atoms with E-state index < -0.39 is 22.9 Å². The molecule has 0 saturated carbocycles. The molecule has 190 valence electrons. The number of nitrogens with one attached hydrogen (secondary N) is 2. The van der Waals surface area contributed by atoms with Gasteiger partial charge in [-0.05, 0) is 36.6 Å². The van der Waals surface area contributed by atoms with Gasteiger partial charge in [0.15, 0.2) is 5.88 Å². The average molecular weight is 502 g/mol. The first-order chi connectivity index (χ1) is 17.8. The van der Waals surface area contributed by atoms with Crippen LogP contribution in [0.2, 0.25) is 0 Å². The van der Waals surface area contributed by atoms with E-state index >= 15 is 0 Å². The lowest BCUT2D eigenvalue weighted by atomic mass is 9.74. The van der Waals surface area contributed by atoms with Gasteiger partial charge in [-0.25, -0.2) is 4.79 Å². The second kappa shape index (κ2) is 9.17. The monoisotopic (exact) mass is 501 g/mol. The van der Waals surface area contributed by atoms with Gasteiger partial charge in [0.25, 0.3) is 5.91 Å². The molecule has 0 bridgehead atoms. The van der Waals surface area contributed by atoms with Crippen LogP contribution in [0, 0.1) is 11.3 Å². The highest BCUT2D eigenvalue weighted by Gasteiger charge is 2.49. The van der Waals surface area contributed by atoms with Crippen LogP contribution >= 0.6 is 0 Å². The molecule has 3 aromatic rings. The summed E-state index contributed by atoms with van der Waals surface area (Å²) in [4.78, 5) is 40.1. The van der Waals surface area contributed by atoms with Crippen molar-refractivity contribution in [3.05, 3.63) is 60.3 Å². The molecule has 2 fully saturated rings. The zero-order valence-electron chi connectivity index (χ0n) is 20.4. The van der Waals surface area contributed by atoms with Crippen LogP contribution in [0.25, 0.3) is 10.8 Å². The van der Waals surface area contributed by atoms with Crippen LogP contribution in [0.3, 0.4) is 0 Å². The predicted octanol–water partition coefficient (Wildman–Crippen LogP) is 2.41. The number of hydrogen-bond donors (Lipinski definition) is 3. The summed E-state index contributed by atoms with van der Waals surface area (Å²) in [5.74, 6) is -0.483. The van der Waals surface area contributed by atoms with Crippen molar-refractivity contribution in [3.63, 3.8) is 0 Å². The molecule has 0 radical (unpaired) electrons. The maximum atomic E-state index is 13.4. The van der Waals surface area contributed by atoms with Gasteiger partial charge in [0.2, 0.25) is 5.91 Å². The lowest BCUT2D eigenvalue weighted by Crippen LogP contribution is -2.55. The average Bonchev–Trinajstić information content (AvgIpc) is 3.37. The number of carbonyl (C=O) groups excluding carboxylic acids is 3. The van der Waals surface area contributed by atoms with E-state index in [2.05, 4.69) is 16.7 Å². The minimum absolute atomic E-state index is 0.102. The molecule has 5 rings (SSSR count). The molecule has 2 saturated heterocycles. The minimum Gasteiger partial charge on any atom is -0.497 e. The molecule has 4 amide bonds. The topological polar surface area (TPSA) is 137 Å². The summed E-state index contributed by atoms with van der Waals surface area (Å²) >= 11 is 0. The SMILES string of the molecule is COc1ccc2cn(CC3(CC(=O)N4CCC(C#N)(c5ccccc5)CC4)NC(=O)NC3=O)c(O)c2c1. The summed E-state index contributed by atoms with van der Waals surface area (Å²) in [6.07, 6.45) is 2.32. The number of piperidine rings is 1. The first-order valence-corrected chi connectivity index (χ1v) is 12.0. The Kier molecular flexibility index (Phi) is 5.99. The number of methoxy groups -OCH3 is 1. The number of benzene rings is 2. The van der Waals surface area contributed by atoms with Crippen LogP contribution in [0.5, 0.6) is 11.6 Å². The summed E-state index contributed by atoms with van der Waals surface area (Å²) in [5, 5.41) is 26.9. The zero-order valence-corrected chi connectivity index (χ0v) is 20.4. The van der Waals surface area contributed by atoms with Crippen molar-refractivity contribution in [3.8, 4) is 17.7 Å². The molecule has 1 aromatic heterocycles. The number of imide groups is 1. The number of nitrogens with zero attached hydrogens (tertiary/aromatic N) is 3. The molecule has 37 heavy (non-hydrogen) atoms. The highest BCUT2D eigenvalue weighted by molar-refractivity contribution is 6.08. The molecule has 0 aliphatic carbocycles. The van der Waals surface area contributed by atoms with E-state index in [1.165, 1.54) is 11.7 Å². The Hall–Kier alpha value is -4.52. The van der Waals surface area contributed by atoms with Gasteiger partial charge in [0.05, 0.1) is 31.6 Å². The van der Waals surface area contributed by atoms with Gasteiger partial charge in [-0.1, -0.05) is 30.3 Å². The number of aromatic hydroxyl groups is 1. The molecule has 2 aliphatic heterocycles. The molecular weight excluding hydrogens is 474 g/mol. The first kappa shape index (κ1) is 24.2. The molecule has 3 heterocycles. The number of carbonyl (C=O) groups is 3. The molecule has 1 unspecified atom stereocenters. The normalized spacial score (nSPS) is 20.8. The van der Waals surface area contributed by atoms with Crippen molar-refractivity contribution >= 4 is 28.6 Å². The lowest BCUT2D eigenvalue weighted by Gasteiger charge is -2.39. The third-order valence-electron chi connectivity index (χ3n) is 7.49. The summed E-state index contributed by atoms with van der Waals surface area (Å²) in [6.45, 7) is 0.565. The molecule has 1 atom stereocenters. The van der Waals surface area contributed by atoms with Gasteiger partial charge >= 0.3 is 6.03 Å². The zero-order chi connectivity index (χ0) is 26.2. The Balaban J connectivity index is 1.37. The first-order valence-electron chi connectivity index (χ1n) is 12.0. The highest BCUT2D eigenvalue weighted by Crippen LogP contribution is 2.36. The van der Waals surface area contributed by atoms with E-state index in [0.29, 0.717) is 42.5 Å². The van der Waals surface area contributed by atoms with Crippen molar-refractivity contribution in [1.29, 1.82) is 5.26 Å². The van der Waals surface area contributed by atoms with Crippen molar-refractivity contribution in [2.75, 3.05) is 20.2 Å². The fourth-order valence-electron chi connectivity index (χ4n) is 5.31. The number of likely N-dealkylation sites (tertiary alicyclic amines) is 1. The molecule has 3 N–H and O–H groups in total. The van der Waals surface area contributed by atoms with Gasteiger partial charge in [-0.15, -0.1) is 0 Å².